The molecule has 28 heavy (non-hydrogen) atoms. The van der Waals surface area contributed by atoms with Crippen LogP contribution in [0.4, 0.5) is 11.5 Å². The Balaban J connectivity index is 1.72. The number of carbonyl (C=O) groups is 1. The van der Waals surface area contributed by atoms with Gasteiger partial charge in [0.1, 0.15) is 0 Å². The molecule has 0 fully saturated rings. The largest absolute Gasteiger partial charge is 0.322 e. The van der Waals surface area contributed by atoms with Crippen LogP contribution < -0.4 is 10.0 Å². The first-order valence-electron chi connectivity index (χ1n) is 7.81. The van der Waals surface area contributed by atoms with Gasteiger partial charge in [-0.15, -0.1) is 10.2 Å². The van der Waals surface area contributed by atoms with Crippen LogP contribution in [0.25, 0.3) is 0 Å². The molecule has 0 saturated heterocycles. The molecular weight excluding hydrogens is 402 g/mol. The first-order valence-corrected chi connectivity index (χ1v) is 9.67. The zero-order chi connectivity index (χ0) is 20.1. The van der Waals surface area contributed by atoms with Gasteiger partial charge in [0.2, 0.25) is 0 Å². The summed E-state index contributed by atoms with van der Waals surface area (Å²) in [5.41, 5.74) is 1.08. The van der Waals surface area contributed by atoms with Crippen LogP contribution in [-0.4, -0.2) is 24.5 Å². The van der Waals surface area contributed by atoms with Gasteiger partial charge in [0.25, 0.3) is 15.9 Å². The molecule has 3 aromatic rings. The highest BCUT2D eigenvalue weighted by atomic mass is 35.5. The van der Waals surface area contributed by atoms with Crippen LogP contribution in [0, 0.1) is 11.3 Å². The van der Waals surface area contributed by atoms with Gasteiger partial charge in [0.15, 0.2) is 11.0 Å². The third kappa shape index (κ3) is 4.62. The van der Waals surface area contributed by atoms with Crippen molar-refractivity contribution in [3.05, 3.63) is 76.9 Å². The van der Waals surface area contributed by atoms with Crippen molar-refractivity contribution in [2.75, 3.05) is 10.0 Å². The summed E-state index contributed by atoms with van der Waals surface area (Å²) >= 11 is 5.62. The zero-order valence-corrected chi connectivity index (χ0v) is 15.7. The first-order chi connectivity index (χ1) is 13.4. The topological polar surface area (TPSA) is 125 Å². The van der Waals surface area contributed by atoms with E-state index >= 15 is 0 Å². The summed E-state index contributed by atoms with van der Waals surface area (Å²) in [6, 6.07) is 16.6. The molecule has 2 N–H and O–H groups in total. The van der Waals surface area contributed by atoms with Crippen LogP contribution in [0.2, 0.25) is 5.15 Å². The summed E-state index contributed by atoms with van der Waals surface area (Å²) in [6.07, 6.45) is 0. The Morgan fingerprint density at radius 3 is 2.43 bits per heavy atom. The molecule has 0 radical (unpaired) electrons. The van der Waals surface area contributed by atoms with Gasteiger partial charge in [-0.1, -0.05) is 17.7 Å². The molecule has 0 unspecified atom stereocenters. The first kappa shape index (κ1) is 19.3. The molecule has 0 atom stereocenters. The second-order valence-electron chi connectivity index (χ2n) is 5.52. The SMILES string of the molecule is N#Cc1cccc(C(=O)Nc2ccc(S(=O)(=O)Nc3ccc(Cl)nn3)cc2)c1. The minimum Gasteiger partial charge on any atom is -0.322 e. The van der Waals surface area contributed by atoms with E-state index < -0.39 is 15.9 Å². The van der Waals surface area contributed by atoms with Crippen molar-refractivity contribution in [3.63, 3.8) is 0 Å². The van der Waals surface area contributed by atoms with Gasteiger partial charge in [-0.05, 0) is 54.6 Å². The molecule has 3 rings (SSSR count). The van der Waals surface area contributed by atoms with Crippen LogP contribution in [0.5, 0.6) is 0 Å². The van der Waals surface area contributed by atoms with Gasteiger partial charge in [0, 0.05) is 11.3 Å². The number of nitrogens with one attached hydrogen (secondary N) is 2. The van der Waals surface area contributed by atoms with Crippen LogP contribution >= 0.6 is 11.6 Å². The van der Waals surface area contributed by atoms with Gasteiger partial charge in [-0.25, -0.2) is 8.42 Å². The molecule has 0 aliphatic rings. The number of hydrogen-bond donors (Lipinski definition) is 2. The number of amides is 1. The average Bonchev–Trinajstić information content (AvgIpc) is 2.70. The van der Waals surface area contributed by atoms with E-state index in [2.05, 4.69) is 20.2 Å². The molecular formula is C18H12ClN5O3S. The predicted octanol–water partition coefficient (Wildman–Crippen LogP) is 3.05. The number of sulfonamides is 1. The molecule has 0 aliphatic heterocycles. The molecule has 0 saturated carbocycles. The van der Waals surface area contributed by atoms with E-state index in [0.29, 0.717) is 16.8 Å². The molecule has 10 heteroatoms. The lowest BCUT2D eigenvalue weighted by atomic mass is 10.1. The fraction of sp³-hybridized carbons (Fsp3) is 0. The summed E-state index contributed by atoms with van der Waals surface area (Å²) in [5.74, 6) is -0.388. The van der Waals surface area contributed by atoms with Crippen molar-refractivity contribution in [2.24, 2.45) is 0 Å². The molecule has 1 aromatic heterocycles. The Morgan fingerprint density at radius 1 is 1.04 bits per heavy atom. The van der Waals surface area contributed by atoms with Gasteiger partial charge < -0.3 is 5.32 Å². The number of halogens is 1. The van der Waals surface area contributed by atoms with E-state index in [4.69, 9.17) is 16.9 Å². The third-order valence-corrected chi connectivity index (χ3v) is 5.12. The number of anilines is 2. The lowest BCUT2D eigenvalue weighted by Gasteiger charge is -2.09. The summed E-state index contributed by atoms with van der Waals surface area (Å²) in [5, 5.41) is 18.9. The smallest absolute Gasteiger partial charge is 0.263 e. The number of benzene rings is 2. The van der Waals surface area contributed by atoms with Crippen LogP contribution in [-0.2, 0) is 10.0 Å². The Morgan fingerprint density at radius 2 is 1.79 bits per heavy atom. The maximum atomic E-state index is 12.4. The van der Waals surface area contributed by atoms with Crippen molar-refractivity contribution in [3.8, 4) is 6.07 Å². The number of hydrogen-bond acceptors (Lipinski definition) is 6. The molecule has 8 nitrogen and oxygen atoms in total. The van der Waals surface area contributed by atoms with Gasteiger partial charge in [-0.2, -0.15) is 5.26 Å². The standard InChI is InChI=1S/C18H12ClN5O3S/c19-16-8-9-17(23-22-16)24-28(26,27)15-6-4-14(5-7-15)21-18(25)13-3-1-2-12(10-13)11-20/h1-10H,(H,21,25)(H,23,24). The molecule has 140 valence electrons. The molecule has 0 bridgehead atoms. The lowest BCUT2D eigenvalue weighted by Crippen LogP contribution is -2.15. The zero-order valence-electron chi connectivity index (χ0n) is 14.1. The Hall–Kier alpha value is -3.48. The van der Waals surface area contributed by atoms with Gasteiger partial charge in [-0.3, -0.25) is 9.52 Å². The third-order valence-electron chi connectivity index (χ3n) is 3.55. The monoisotopic (exact) mass is 413 g/mol. The quantitative estimate of drug-likeness (QED) is 0.662. The van der Waals surface area contributed by atoms with E-state index in [-0.39, 0.29) is 15.9 Å². The molecule has 0 aliphatic carbocycles. The second kappa shape index (κ2) is 8.04. The Kier molecular flexibility index (Phi) is 5.54. The van der Waals surface area contributed by atoms with Crippen molar-refractivity contribution < 1.29 is 13.2 Å². The number of nitriles is 1. The van der Waals surface area contributed by atoms with Crippen molar-refractivity contribution in [1.82, 2.24) is 10.2 Å². The van der Waals surface area contributed by atoms with Crippen molar-refractivity contribution in [2.45, 2.75) is 4.90 Å². The highest BCUT2D eigenvalue weighted by molar-refractivity contribution is 7.92. The highest BCUT2D eigenvalue weighted by Crippen LogP contribution is 2.18. The Bertz CT molecular complexity index is 1160. The summed E-state index contributed by atoms with van der Waals surface area (Å²) in [4.78, 5) is 12.2. The van der Waals surface area contributed by atoms with Crippen molar-refractivity contribution in [1.29, 1.82) is 5.26 Å². The summed E-state index contributed by atoms with van der Waals surface area (Å²) in [6.45, 7) is 0. The fourth-order valence-corrected chi connectivity index (χ4v) is 3.31. The minimum atomic E-state index is -3.88. The number of nitrogens with zero attached hydrogens (tertiary/aromatic N) is 3. The van der Waals surface area contributed by atoms with Gasteiger partial charge in [0.05, 0.1) is 16.5 Å². The number of rotatable bonds is 5. The number of aromatic nitrogens is 2. The van der Waals surface area contributed by atoms with Crippen LogP contribution in [0.15, 0.2) is 65.6 Å². The highest BCUT2D eigenvalue weighted by Gasteiger charge is 2.15. The summed E-state index contributed by atoms with van der Waals surface area (Å²) in [7, 11) is -3.88. The molecule has 2 aromatic carbocycles. The van der Waals surface area contributed by atoms with E-state index in [1.807, 2.05) is 6.07 Å². The van der Waals surface area contributed by atoms with Crippen LogP contribution in [0.3, 0.4) is 0 Å². The molecule has 1 amide bonds. The average molecular weight is 414 g/mol. The van der Waals surface area contributed by atoms with Crippen molar-refractivity contribution >= 4 is 39.0 Å². The molecule has 0 spiro atoms. The normalized spacial score (nSPS) is 10.7. The maximum absolute atomic E-state index is 12.4. The minimum absolute atomic E-state index is 0.0197. The lowest BCUT2D eigenvalue weighted by molar-refractivity contribution is 0.102. The fourth-order valence-electron chi connectivity index (χ4n) is 2.22. The van der Waals surface area contributed by atoms with E-state index in [9.17, 15) is 13.2 Å². The maximum Gasteiger partial charge on any atom is 0.263 e. The van der Waals surface area contributed by atoms with Crippen LogP contribution in [0.1, 0.15) is 15.9 Å². The Labute approximate surface area is 165 Å². The van der Waals surface area contributed by atoms with E-state index in [1.165, 1.54) is 42.5 Å². The van der Waals surface area contributed by atoms with Gasteiger partial charge >= 0.3 is 0 Å². The second-order valence-corrected chi connectivity index (χ2v) is 7.59. The predicted molar refractivity (Wildman–Crippen MR) is 103 cm³/mol. The van der Waals surface area contributed by atoms with E-state index in [1.54, 1.807) is 18.2 Å². The summed E-state index contributed by atoms with van der Waals surface area (Å²) < 4.78 is 27.0. The van der Waals surface area contributed by atoms with E-state index in [0.717, 1.165) is 0 Å². The molecule has 1 heterocycles. The number of carbonyl (C=O) groups excluding carboxylic acids is 1.